The number of hydrogen-bond acceptors (Lipinski definition) is 9. The molecule has 0 spiro atoms. The highest BCUT2D eigenvalue weighted by molar-refractivity contribution is 7.88. The first kappa shape index (κ1) is 27.4. The lowest BCUT2D eigenvalue weighted by molar-refractivity contribution is -0.155. The van der Waals surface area contributed by atoms with Gasteiger partial charge in [-0.15, -0.1) is 0 Å². The van der Waals surface area contributed by atoms with Crippen molar-refractivity contribution in [1.29, 1.82) is 0 Å². The normalized spacial score (nSPS) is 26.9. The maximum atomic E-state index is 13.8. The van der Waals surface area contributed by atoms with Gasteiger partial charge >= 0.3 is 0 Å². The number of phenols is 1. The molecule has 11 nitrogen and oxygen atoms in total. The van der Waals surface area contributed by atoms with Gasteiger partial charge in [-0.25, -0.2) is 13.1 Å². The van der Waals surface area contributed by atoms with E-state index in [1.165, 1.54) is 12.1 Å². The number of Topliss-reactive ketones (excluding diaryl/α,β-unsaturated/α-hetero) is 2. The Hall–Kier alpha value is -3.66. The maximum absolute atomic E-state index is 13.8. The molecular formula is C26H28N2O9S. The number of phenolic OH excluding ortho intramolecular Hbond substituents is 1. The zero-order chi connectivity index (χ0) is 28.3. The summed E-state index contributed by atoms with van der Waals surface area (Å²) in [6.07, 6.45) is 1.07. The molecule has 0 aliphatic heterocycles. The van der Waals surface area contributed by atoms with Crippen molar-refractivity contribution in [2.45, 2.75) is 32.3 Å². The minimum absolute atomic E-state index is 0.01000. The third kappa shape index (κ3) is 4.16. The van der Waals surface area contributed by atoms with Crippen molar-refractivity contribution in [1.82, 2.24) is 4.72 Å². The topological polar surface area (TPSA) is 204 Å². The summed E-state index contributed by atoms with van der Waals surface area (Å²) >= 11 is 0. The molecule has 1 fully saturated rings. The van der Waals surface area contributed by atoms with Crippen molar-refractivity contribution >= 4 is 33.3 Å². The van der Waals surface area contributed by atoms with Gasteiger partial charge in [0.25, 0.3) is 5.91 Å². The number of aromatic hydroxyl groups is 1. The lowest BCUT2D eigenvalue weighted by atomic mass is 9.54. The Kier molecular flexibility index (Phi) is 6.68. The van der Waals surface area contributed by atoms with Crippen LogP contribution in [0.2, 0.25) is 0 Å². The van der Waals surface area contributed by atoms with Gasteiger partial charge in [0.05, 0.1) is 18.4 Å². The predicted molar refractivity (Wildman–Crippen MR) is 135 cm³/mol. The number of nitrogens with two attached hydrogens (primary N) is 1. The molecule has 1 aromatic carbocycles. The van der Waals surface area contributed by atoms with E-state index in [-0.39, 0.29) is 36.3 Å². The molecule has 0 bridgehead atoms. The Morgan fingerprint density at radius 3 is 2.47 bits per heavy atom. The molecule has 12 heteroatoms. The molecule has 1 amide bonds. The molecule has 3 aliphatic rings. The van der Waals surface area contributed by atoms with Gasteiger partial charge in [-0.05, 0) is 42.4 Å². The second-order valence-electron chi connectivity index (χ2n) is 10.2. The molecule has 0 saturated heterocycles. The van der Waals surface area contributed by atoms with Crippen LogP contribution in [0.3, 0.4) is 0 Å². The van der Waals surface area contributed by atoms with Gasteiger partial charge in [0.2, 0.25) is 15.8 Å². The van der Waals surface area contributed by atoms with Crippen LogP contribution in [-0.4, -0.2) is 64.7 Å². The van der Waals surface area contributed by atoms with Crippen LogP contribution in [0.4, 0.5) is 0 Å². The number of nitrogens with one attached hydrogen (secondary N) is 1. The Balaban J connectivity index is 1.88. The SMILES string of the molecule is CC(C)[C@@H]1C(=O)C(C(N)=O)=C(O)[C@@]2(O)C(=O)C3=C(O)c4c(O)ccc(C#CCNS(C)(=O)=O)c4C[C@H]3C[C@@H]12. The Bertz CT molecular complexity index is 1510. The first-order chi connectivity index (χ1) is 17.6. The van der Waals surface area contributed by atoms with Crippen LogP contribution < -0.4 is 10.5 Å². The van der Waals surface area contributed by atoms with Crippen LogP contribution in [-0.2, 0) is 30.8 Å². The number of primary amides is 1. The fourth-order valence-electron chi connectivity index (χ4n) is 5.91. The van der Waals surface area contributed by atoms with Crippen molar-refractivity contribution < 1.29 is 43.2 Å². The predicted octanol–water partition coefficient (Wildman–Crippen LogP) is 0.207. The third-order valence-electron chi connectivity index (χ3n) is 7.50. The first-order valence-electron chi connectivity index (χ1n) is 11.9. The van der Waals surface area contributed by atoms with Crippen molar-refractivity contribution in [2.75, 3.05) is 12.8 Å². The van der Waals surface area contributed by atoms with Gasteiger partial charge < -0.3 is 26.2 Å². The number of amides is 1. The van der Waals surface area contributed by atoms with E-state index in [1.54, 1.807) is 13.8 Å². The number of ketones is 2. The molecule has 0 aromatic heterocycles. The van der Waals surface area contributed by atoms with E-state index in [0.717, 1.165) is 6.26 Å². The number of carbonyl (C=O) groups is 3. The molecular weight excluding hydrogens is 516 g/mol. The van der Waals surface area contributed by atoms with Gasteiger partial charge in [0.1, 0.15) is 22.8 Å². The summed E-state index contributed by atoms with van der Waals surface area (Å²) in [4.78, 5) is 39.0. The van der Waals surface area contributed by atoms with E-state index >= 15 is 0 Å². The minimum Gasteiger partial charge on any atom is -0.508 e. The Morgan fingerprint density at radius 1 is 1.24 bits per heavy atom. The maximum Gasteiger partial charge on any atom is 0.255 e. The lowest BCUT2D eigenvalue weighted by Crippen LogP contribution is -2.62. The summed E-state index contributed by atoms with van der Waals surface area (Å²) in [5, 5.41) is 44.2. The molecule has 0 heterocycles. The van der Waals surface area contributed by atoms with Gasteiger partial charge in [-0.1, -0.05) is 25.7 Å². The quantitative estimate of drug-likeness (QED) is 0.226. The number of fused-ring (bicyclic) bond motifs is 3. The highest BCUT2D eigenvalue weighted by Crippen LogP contribution is 2.54. The zero-order valence-electron chi connectivity index (χ0n) is 20.9. The van der Waals surface area contributed by atoms with Crippen molar-refractivity contribution in [3.8, 4) is 17.6 Å². The first-order valence-corrected chi connectivity index (χ1v) is 13.8. The highest BCUT2D eigenvalue weighted by atomic mass is 32.2. The fraction of sp³-hybridized carbons (Fsp3) is 0.423. The zero-order valence-corrected chi connectivity index (χ0v) is 21.7. The van der Waals surface area contributed by atoms with Gasteiger partial charge in [-0.3, -0.25) is 14.4 Å². The fourth-order valence-corrected chi connectivity index (χ4v) is 6.24. The largest absolute Gasteiger partial charge is 0.508 e. The molecule has 7 N–H and O–H groups in total. The van der Waals surface area contributed by atoms with E-state index in [9.17, 15) is 43.2 Å². The summed E-state index contributed by atoms with van der Waals surface area (Å²) in [6.45, 7) is 3.19. The van der Waals surface area contributed by atoms with Crippen LogP contribution in [0.1, 0.15) is 37.0 Å². The highest BCUT2D eigenvalue weighted by Gasteiger charge is 2.64. The van der Waals surface area contributed by atoms with Crippen molar-refractivity contribution in [2.24, 2.45) is 29.4 Å². The molecule has 202 valence electrons. The number of sulfonamides is 1. The second kappa shape index (κ2) is 9.27. The van der Waals surface area contributed by atoms with Gasteiger partial charge in [-0.2, -0.15) is 0 Å². The van der Waals surface area contributed by atoms with Gasteiger partial charge in [0, 0.05) is 23.0 Å². The van der Waals surface area contributed by atoms with E-state index in [2.05, 4.69) is 16.6 Å². The lowest BCUT2D eigenvalue weighted by Gasteiger charge is -2.50. The molecule has 0 radical (unpaired) electrons. The molecule has 0 unspecified atom stereocenters. The standard InChI is InChI=1S/C26H28N2O9S/c1-11(2)17-15-10-13-9-14-12(5-4-8-28-38(3,36)37)6-7-16(29)19(14)22(31)18(13)23(32)26(15,35)24(33)20(21(17)30)25(27)34/h6-7,11,13,15,17,28-29,31,33,35H,8-10H2,1-3H3,(H2,27,34)/t13-,15-,17-,26-/m0/s1. The van der Waals surface area contributed by atoms with Crippen LogP contribution in [0.25, 0.3) is 5.76 Å². The molecule has 1 aromatic rings. The summed E-state index contributed by atoms with van der Waals surface area (Å²) in [7, 11) is -3.46. The Labute approximate surface area is 219 Å². The van der Waals surface area contributed by atoms with Crippen LogP contribution in [0.5, 0.6) is 5.75 Å². The summed E-state index contributed by atoms with van der Waals surface area (Å²) in [5.41, 5.74) is 2.27. The van der Waals surface area contributed by atoms with E-state index in [0.29, 0.717) is 11.1 Å². The van der Waals surface area contributed by atoms with E-state index in [4.69, 9.17) is 5.73 Å². The van der Waals surface area contributed by atoms with Crippen molar-refractivity contribution in [3.05, 3.63) is 45.7 Å². The molecule has 3 aliphatic carbocycles. The number of rotatable bonds is 4. The average molecular weight is 545 g/mol. The molecule has 38 heavy (non-hydrogen) atoms. The number of hydrogen-bond donors (Lipinski definition) is 6. The summed E-state index contributed by atoms with van der Waals surface area (Å²) in [6, 6.07) is 2.75. The molecule has 4 atom stereocenters. The monoisotopic (exact) mass is 544 g/mol. The Morgan fingerprint density at radius 2 is 1.89 bits per heavy atom. The number of aliphatic hydroxyl groups is 3. The van der Waals surface area contributed by atoms with Crippen LogP contribution in [0.15, 0.2) is 29.0 Å². The molecule has 4 rings (SSSR count). The minimum atomic E-state index is -3.46. The van der Waals surface area contributed by atoms with Crippen LogP contribution >= 0.6 is 0 Å². The number of aliphatic hydroxyl groups excluding tert-OH is 2. The van der Waals surface area contributed by atoms with Gasteiger partial charge in [0.15, 0.2) is 11.4 Å². The van der Waals surface area contributed by atoms with E-state index in [1.807, 2.05) is 0 Å². The number of carbonyl (C=O) groups excluding carboxylic acids is 3. The van der Waals surface area contributed by atoms with E-state index < -0.39 is 73.9 Å². The second-order valence-corrected chi connectivity index (χ2v) is 12.0. The van der Waals surface area contributed by atoms with Crippen molar-refractivity contribution in [3.63, 3.8) is 0 Å². The smallest absolute Gasteiger partial charge is 0.255 e. The average Bonchev–Trinajstić information content (AvgIpc) is 2.79. The summed E-state index contributed by atoms with van der Waals surface area (Å²) < 4.78 is 24.8. The van der Waals surface area contributed by atoms with Crippen LogP contribution in [0, 0.1) is 35.5 Å². The summed E-state index contributed by atoms with van der Waals surface area (Å²) in [5.74, 6) is -3.02. The number of benzene rings is 1. The molecule has 1 saturated carbocycles. The third-order valence-corrected chi connectivity index (χ3v) is 8.17.